The first-order valence-corrected chi connectivity index (χ1v) is 12.1. The van der Waals surface area contributed by atoms with E-state index in [1.807, 2.05) is 0 Å². The van der Waals surface area contributed by atoms with Crippen LogP contribution in [0.25, 0.3) is 22.4 Å². The number of benzene rings is 2. The second kappa shape index (κ2) is 9.83. The van der Waals surface area contributed by atoms with Crippen LogP contribution in [-0.4, -0.2) is 42.3 Å². The number of halogens is 4. The molecule has 3 aromatic heterocycles. The number of carbonyl (C=O) groups excluding carboxylic acids is 1. The van der Waals surface area contributed by atoms with Gasteiger partial charge < -0.3 is 25.5 Å². The van der Waals surface area contributed by atoms with Crippen molar-refractivity contribution >= 4 is 28.3 Å². The predicted octanol–water partition coefficient (Wildman–Crippen LogP) is 3.49. The number of rotatable bonds is 6. The highest BCUT2D eigenvalue weighted by Crippen LogP contribution is 2.38. The summed E-state index contributed by atoms with van der Waals surface area (Å²) in [6.07, 6.45) is 0.248. The molecule has 2 aromatic carbocycles. The number of aromatic nitrogens is 4. The number of nitrogens with zero attached hydrogens (tertiary/aromatic N) is 3. The fraction of sp³-hybridized carbons (Fsp3) is 0.111. The second-order valence-electron chi connectivity index (χ2n) is 9.21. The molecule has 6 rings (SSSR count). The largest absolute Gasteiger partial charge is 0.373 e. The number of anilines is 2. The number of aliphatic hydroxyl groups is 2. The summed E-state index contributed by atoms with van der Waals surface area (Å²) in [7, 11) is 0. The normalized spacial score (nSPS) is 15.4. The van der Waals surface area contributed by atoms with Gasteiger partial charge in [0.1, 0.15) is 17.6 Å². The Bertz CT molecular complexity index is 1870. The summed E-state index contributed by atoms with van der Waals surface area (Å²) in [6, 6.07) is 7.62. The van der Waals surface area contributed by atoms with Crippen molar-refractivity contribution < 1.29 is 32.6 Å². The average molecular weight is 566 g/mol. The maximum atomic E-state index is 14.1. The molecule has 5 N–H and O–H groups in total. The van der Waals surface area contributed by atoms with Crippen LogP contribution in [0.2, 0.25) is 0 Å². The van der Waals surface area contributed by atoms with Crippen LogP contribution in [0.3, 0.4) is 0 Å². The third-order valence-electron chi connectivity index (χ3n) is 6.67. The number of aliphatic hydroxyl groups excluding tert-OH is 2. The Morgan fingerprint density at radius 2 is 1.83 bits per heavy atom. The van der Waals surface area contributed by atoms with Gasteiger partial charge in [0.2, 0.25) is 0 Å². The molecule has 4 heterocycles. The molecule has 0 aliphatic carbocycles. The van der Waals surface area contributed by atoms with E-state index >= 15 is 0 Å². The van der Waals surface area contributed by atoms with Crippen molar-refractivity contribution in [3.05, 3.63) is 105 Å². The highest BCUT2D eigenvalue weighted by atomic mass is 19.2. The lowest BCUT2D eigenvalue weighted by atomic mass is 10.1. The number of nitrogens with one attached hydrogen (secondary N) is 3. The quantitative estimate of drug-likeness (QED) is 0.120. The third-order valence-corrected chi connectivity index (χ3v) is 6.67. The lowest BCUT2D eigenvalue weighted by molar-refractivity contribution is 0.0935. The molecule has 41 heavy (non-hydrogen) atoms. The van der Waals surface area contributed by atoms with Crippen molar-refractivity contribution in [2.45, 2.75) is 18.9 Å². The Morgan fingerprint density at radius 3 is 2.54 bits per heavy atom. The summed E-state index contributed by atoms with van der Waals surface area (Å²) in [6.45, 7) is 0. The fourth-order valence-electron chi connectivity index (χ4n) is 4.79. The van der Waals surface area contributed by atoms with E-state index in [1.165, 1.54) is 41.7 Å². The van der Waals surface area contributed by atoms with E-state index in [0.29, 0.717) is 16.8 Å². The molecule has 0 saturated carbocycles. The summed E-state index contributed by atoms with van der Waals surface area (Å²) in [5.74, 6) is -7.03. The van der Waals surface area contributed by atoms with Crippen molar-refractivity contribution in [2.24, 2.45) is 0 Å². The van der Waals surface area contributed by atoms with Crippen molar-refractivity contribution in [3.63, 3.8) is 0 Å². The summed E-state index contributed by atoms with van der Waals surface area (Å²) in [5.41, 5.74) is -0.295. The second-order valence-corrected chi connectivity index (χ2v) is 9.21. The molecular formula is C27H18F4N6O4. The van der Waals surface area contributed by atoms with Crippen LogP contribution in [0, 0.1) is 23.3 Å². The SMILES string of the molecule is O=C1c2cc3nc(-c4c(N[C@@H](O)Cc5c(F)c(F)cc(F)c5F)cc[nH]c4=O)[nH]c3cc2C(O)N1c1cccnc1. The Kier molecular flexibility index (Phi) is 6.27. The number of hydrogen-bond donors (Lipinski definition) is 5. The van der Waals surface area contributed by atoms with Crippen molar-refractivity contribution in [1.29, 1.82) is 0 Å². The van der Waals surface area contributed by atoms with Gasteiger partial charge in [-0.05, 0) is 30.3 Å². The van der Waals surface area contributed by atoms with Gasteiger partial charge >= 0.3 is 0 Å². The Labute approximate surface area is 226 Å². The van der Waals surface area contributed by atoms with Gasteiger partial charge in [-0.2, -0.15) is 0 Å². The Morgan fingerprint density at radius 1 is 1.07 bits per heavy atom. The standard InChI is InChI=1S/C27H18F4N6O4/c28-15-9-16(29)23(31)14(22(15)30)8-20(38)34-17-3-5-33-25(39)21(17)24-35-18-6-12-13(7-19(18)36-24)27(41)37(26(12)40)11-2-1-4-32-10-11/h1-7,9-10,20,26,38,40H,8H2,(H,35,36)(H2,33,34,39)/t20-,26?/m0/s1. The zero-order valence-electron chi connectivity index (χ0n) is 20.6. The van der Waals surface area contributed by atoms with Gasteiger partial charge in [0.05, 0.1) is 34.2 Å². The lowest BCUT2D eigenvalue weighted by Gasteiger charge is -2.20. The maximum Gasteiger partial charge on any atom is 0.261 e. The molecule has 208 valence electrons. The van der Waals surface area contributed by atoms with Gasteiger partial charge in [0.15, 0.2) is 29.5 Å². The van der Waals surface area contributed by atoms with Gasteiger partial charge in [-0.1, -0.05) is 0 Å². The van der Waals surface area contributed by atoms with Gasteiger partial charge in [-0.25, -0.2) is 22.5 Å². The smallest absolute Gasteiger partial charge is 0.261 e. The summed E-state index contributed by atoms with van der Waals surface area (Å²) >= 11 is 0. The predicted molar refractivity (Wildman–Crippen MR) is 138 cm³/mol. The molecule has 0 fully saturated rings. The van der Waals surface area contributed by atoms with Crippen LogP contribution < -0.4 is 15.8 Å². The number of amides is 1. The van der Waals surface area contributed by atoms with Crippen LogP contribution in [0.5, 0.6) is 0 Å². The molecule has 0 radical (unpaired) electrons. The van der Waals surface area contributed by atoms with Crippen LogP contribution >= 0.6 is 0 Å². The molecule has 1 amide bonds. The number of fused-ring (bicyclic) bond motifs is 2. The first-order chi connectivity index (χ1) is 19.6. The van der Waals surface area contributed by atoms with Crippen LogP contribution in [-0.2, 0) is 6.42 Å². The number of aromatic amines is 2. The molecule has 14 heteroatoms. The van der Waals surface area contributed by atoms with E-state index in [9.17, 15) is 37.4 Å². The zero-order valence-corrected chi connectivity index (χ0v) is 20.6. The monoisotopic (exact) mass is 566 g/mol. The summed E-state index contributed by atoms with van der Waals surface area (Å²) in [5, 5.41) is 23.9. The van der Waals surface area contributed by atoms with Gasteiger partial charge in [0, 0.05) is 36.0 Å². The lowest BCUT2D eigenvalue weighted by Crippen LogP contribution is -2.27. The van der Waals surface area contributed by atoms with Gasteiger partial charge in [-0.3, -0.25) is 19.5 Å². The van der Waals surface area contributed by atoms with E-state index < -0.39 is 59.2 Å². The van der Waals surface area contributed by atoms with E-state index in [4.69, 9.17) is 0 Å². The van der Waals surface area contributed by atoms with E-state index in [2.05, 4.69) is 25.3 Å². The summed E-state index contributed by atoms with van der Waals surface area (Å²) in [4.78, 5) is 40.9. The van der Waals surface area contributed by atoms with Gasteiger partial charge in [-0.15, -0.1) is 0 Å². The minimum Gasteiger partial charge on any atom is -0.373 e. The number of H-pyrrole nitrogens is 2. The number of pyridine rings is 2. The zero-order chi connectivity index (χ0) is 29.0. The Balaban J connectivity index is 1.33. The molecule has 10 nitrogen and oxygen atoms in total. The van der Waals surface area contributed by atoms with Crippen molar-refractivity contribution in [2.75, 3.05) is 10.2 Å². The molecule has 0 spiro atoms. The molecular weight excluding hydrogens is 548 g/mol. The van der Waals surface area contributed by atoms with Crippen LogP contribution in [0.1, 0.15) is 27.7 Å². The minimum absolute atomic E-state index is 0.000406. The van der Waals surface area contributed by atoms with E-state index in [1.54, 1.807) is 12.1 Å². The highest BCUT2D eigenvalue weighted by Gasteiger charge is 2.37. The number of imidazole rings is 1. The average Bonchev–Trinajstić information content (AvgIpc) is 3.46. The molecule has 5 aromatic rings. The maximum absolute atomic E-state index is 14.1. The third kappa shape index (κ3) is 4.38. The fourth-order valence-corrected chi connectivity index (χ4v) is 4.79. The molecule has 0 saturated heterocycles. The van der Waals surface area contributed by atoms with Crippen molar-refractivity contribution in [3.8, 4) is 11.4 Å². The Hall–Kier alpha value is -5.08. The van der Waals surface area contributed by atoms with Crippen LogP contribution in [0.4, 0.5) is 28.9 Å². The molecule has 1 unspecified atom stereocenters. The summed E-state index contributed by atoms with van der Waals surface area (Å²) < 4.78 is 55.4. The number of carbonyl (C=O) groups is 1. The van der Waals surface area contributed by atoms with Gasteiger partial charge in [0.25, 0.3) is 11.5 Å². The van der Waals surface area contributed by atoms with E-state index in [-0.39, 0.29) is 34.2 Å². The molecule has 0 bridgehead atoms. The van der Waals surface area contributed by atoms with E-state index in [0.717, 1.165) is 0 Å². The topological polar surface area (TPSA) is 147 Å². The van der Waals surface area contributed by atoms with Crippen molar-refractivity contribution in [1.82, 2.24) is 19.9 Å². The minimum atomic E-state index is -1.78. The first kappa shape index (κ1) is 26.2. The highest BCUT2D eigenvalue weighted by molar-refractivity contribution is 6.12. The van der Waals surface area contributed by atoms with Crippen LogP contribution in [0.15, 0.2) is 59.8 Å². The molecule has 1 aliphatic rings. The first-order valence-electron chi connectivity index (χ1n) is 12.1. The molecule has 1 aliphatic heterocycles. The number of hydrogen-bond acceptors (Lipinski definition) is 7. The molecule has 2 atom stereocenters.